The standard InChI is InChI=1S/C23H31O6PS/c1-4-8-19-11-15-21(16-12-19)22-17-13-20(14-18-22)9-7-10-23(31(25,26)27)30(24,28-5-2)29-6-3/h7,9,11-18,23H,4-6,8,10H2,1-3H3,(H,25,26,27). The lowest BCUT2D eigenvalue weighted by molar-refractivity contribution is 0.216. The second-order valence-electron chi connectivity index (χ2n) is 7.05. The van der Waals surface area contributed by atoms with Gasteiger partial charge in [-0.05, 0) is 48.9 Å². The van der Waals surface area contributed by atoms with Crippen LogP contribution in [-0.2, 0) is 30.2 Å². The van der Waals surface area contributed by atoms with Crippen LogP contribution in [0, 0.1) is 0 Å². The lowest BCUT2D eigenvalue weighted by Crippen LogP contribution is -2.22. The van der Waals surface area contributed by atoms with Gasteiger partial charge in [0.1, 0.15) is 0 Å². The molecule has 0 aromatic heterocycles. The molecule has 1 unspecified atom stereocenters. The molecule has 0 radical (unpaired) electrons. The minimum Gasteiger partial charge on any atom is -0.308 e. The maximum atomic E-state index is 12.9. The van der Waals surface area contributed by atoms with Gasteiger partial charge in [0, 0.05) is 0 Å². The van der Waals surface area contributed by atoms with Gasteiger partial charge in [0.25, 0.3) is 10.1 Å². The topological polar surface area (TPSA) is 89.9 Å². The molecule has 0 saturated heterocycles. The normalized spacial score (nSPS) is 13.5. The zero-order chi connectivity index (χ0) is 22.9. The van der Waals surface area contributed by atoms with Gasteiger partial charge in [0.2, 0.25) is 0 Å². The van der Waals surface area contributed by atoms with Crippen molar-refractivity contribution < 1.29 is 26.6 Å². The van der Waals surface area contributed by atoms with Gasteiger partial charge in [-0.1, -0.05) is 74.0 Å². The largest absolute Gasteiger partial charge is 0.351 e. The third-order valence-electron chi connectivity index (χ3n) is 4.70. The van der Waals surface area contributed by atoms with Gasteiger partial charge < -0.3 is 9.05 Å². The molecule has 0 aliphatic rings. The van der Waals surface area contributed by atoms with Crippen LogP contribution in [0.25, 0.3) is 17.2 Å². The number of aryl methyl sites for hydroxylation is 1. The van der Waals surface area contributed by atoms with Crippen LogP contribution < -0.4 is 0 Å². The highest BCUT2D eigenvalue weighted by molar-refractivity contribution is 7.94. The average molecular weight is 467 g/mol. The lowest BCUT2D eigenvalue weighted by atomic mass is 10.0. The van der Waals surface area contributed by atoms with E-state index in [0.29, 0.717) is 0 Å². The molecule has 0 bridgehead atoms. The van der Waals surface area contributed by atoms with Crippen molar-refractivity contribution in [1.29, 1.82) is 0 Å². The predicted molar refractivity (Wildman–Crippen MR) is 126 cm³/mol. The maximum absolute atomic E-state index is 12.9. The molecule has 6 nitrogen and oxygen atoms in total. The van der Waals surface area contributed by atoms with Crippen LogP contribution in [0.5, 0.6) is 0 Å². The quantitative estimate of drug-likeness (QED) is 0.296. The van der Waals surface area contributed by atoms with E-state index in [1.165, 1.54) is 5.56 Å². The molecular formula is C23H31O6PS. The van der Waals surface area contributed by atoms with Gasteiger partial charge in [-0.15, -0.1) is 0 Å². The monoisotopic (exact) mass is 466 g/mol. The van der Waals surface area contributed by atoms with E-state index in [1.54, 1.807) is 26.0 Å². The first-order chi connectivity index (χ1) is 14.7. The molecule has 170 valence electrons. The van der Waals surface area contributed by atoms with E-state index in [2.05, 4.69) is 31.2 Å². The summed E-state index contributed by atoms with van der Waals surface area (Å²) in [4.78, 5) is -1.67. The molecule has 0 fully saturated rings. The highest BCUT2D eigenvalue weighted by atomic mass is 32.2. The van der Waals surface area contributed by atoms with Crippen LogP contribution in [0.4, 0.5) is 0 Å². The van der Waals surface area contributed by atoms with Crippen molar-refractivity contribution in [3.63, 3.8) is 0 Å². The Hall–Kier alpha value is -1.76. The lowest BCUT2D eigenvalue weighted by Gasteiger charge is -2.23. The fourth-order valence-corrected chi connectivity index (χ4v) is 6.77. The molecule has 2 rings (SSSR count). The Morgan fingerprint density at radius 3 is 1.90 bits per heavy atom. The third-order valence-corrected chi connectivity index (χ3v) is 9.31. The Kier molecular flexibility index (Phi) is 9.66. The number of hydrogen-bond acceptors (Lipinski definition) is 5. The fourth-order valence-electron chi connectivity index (χ4n) is 3.24. The van der Waals surface area contributed by atoms with Gasteiger partial charge in [0.15, 0.2) is 4.99 Å². The Bertz CT molecular complexity index is 987. The molecule has 8 heteroatoms. The molecule has 2 aromatic carbocycles. The molecule has 0 saturated carbocycles. The summed E-state index contributed by atoms with van der Waals surface area (Å²) in [5.74, 6) is 0. The molecule has 1 atom stereocenters. The predicted octanol–water partition coefficient (Wildman–Crippen LogP) is 6.19. The molecule has 0 aliphatic heterocycles. The summed E-state index contributed by atoms with van der Waals surface area (Å²) in [5, 5.41) is 0. The van der Waals surface area contributed by atoms with Gasteiger partial charge in [-0.25, -0.2) is 0 Å². The second-order valence-corrected chi connectivity index (χ2v) is 11.2. The molecule has 0 amide bonds. The summed E-state index contributed by atoms with van der Waals surface area (Å²) < 4.78 is 56.3. The molecule has 0 aliphatic carbocycles. The zero-order valence-electron chi connectivity index (χ0n) is 18.2. The Labute approximate surface area is 185 Å². The van der Waals surface area contributed by atoms with Crippen molar-refractivity contribution in [2.75, 3.05) is 13.2 Å². The van der Waals surface area contributed by atoms with E-state index < -0.39 is 22.7 Å². The second kappa shape index (κ2) is 11.7. The summed E-state index contributed by atoms with van der Waals surface area (Å²) in [7, 11) is -8.66. The Morgan fingerprint density at radius 2 is 1.45 bits per heavy atom. The van der Waals surface area contributed by atoms with Gasteiger partial charge in [-0.2, -0.15) is 8.42 Å². The molecule has 0 heterocycles. The molecule has 31 heavy (non-hydrogen) atoms. The molecule has 0 spiro atoms. The minimum atomic E-state index is -4.64. The van der Waals surface area contributed by atoms with Gasteiger partial charge in [0.05, 0.1) is 13.2 Å². The van der Waals surface area contributed by atoms with Crippen LogP contribution in [0.3, 0.4) is 0 Å². The van der Waals surface area contributed by atoms with Crippen molar-refractivity contribution in [3.05, 3.63) is 65.7 Å². The van der Waals surface area contributed by atoms with Crippen LogP contribution in [0.1, 0.15) is 44.7 Å². The van der Waals surface area contributed by atoms with Crippen LogP contribution in [0.2, 0.25) is 0 Å². The molecule has 2 aromatic rings. The maximum Gasteiger partial charge on any atom is 0.351 e. The van der Waals surface area contributed by atoms with Gasteiger partial charge in [-0.3, -0.25) is 9.12 Å². The summed E-state index contributed by atoms with van der Waals surface area (Å²) in [6.07, 6.45) is 5.25. The van der Waals surface area contributed by atoms with Crippen molar-refractivity contribution in [2.45, 2.75) is 45.0 Å². The highest BCUT2D eigenvalue weighted by Crippen LogP contribution is 2.56. The molecular weight excluding hydrogens is 435 g/mol. The van der Waals surface area contributed by atoms with Crippen LogP contribution >= 0.6 is 7.60 Å². The Morgan fingerprint density at radius 1 is 0.935 bits per heavy atom. The fraction of sp³-hybridized carbons (Fsp3) is 0.391. The van der Waals surface area contributed by atoms with E-state index >= 15 is 0 Å². The SMILES string of the molecule is CCCc1ccc(-c2ccc(C=CCC(P(=O)(OCC)OCC)S(=O)(=O)O)cc2)cc1. The van der Waals surface area contributed by atoms with Crippen molar-refractivity contribution in [3.8, 4) is 11.1 Å². The van der Waals surface area contributed by atoms with Crippen LogP contribution in [0.15, 0.2) is 54.6 Å². The summed E-state index contributed by atoms with van der Waals surface area (Å²) in [6, 6.07) is 16.3. The first kappa shape index (κ1) is 25.5. The van der Waals surface area contributed by atoms with Crippen LogP contribution in [-0.4, -0.2) is 31.2 Å². The summed E-state index contributed by atoms with van der Waals surface area (Å²) in [5.41, 5.74) is 4.36. The molecule has 1 N–H and O–H groups in total. The third kappa shape index (κ3) is 7.41. The van der Waals surface area contributed by atoms with Crippen molar-refractivity contribution >= 4 is 23.8 Å². The Balaban J connectivity index is 2.13. The van der Waals surface area contributed by atoms with E-state index in [9.17, 15) is 17.5 Å². The van der Waals surface area contributed by atoms with Crippen molar-refractivity contribution in [2.24, 2.45) is 0 Å². The summed E-state index contributed by atoms with van der Waals surface area (Å²) >= 11 is 0. The first-order valence-electron chi connectivity index (χ1n) is 10.4. The number of hydrogen-bond donors (Lipinski definition) is 1. The number of benzene rings is 2. The van der Waals surface area contributed by atoms with E-state index in [-0.39, 0.29) is 19.6 Å². The smallest absolute Gasteiger partial charge is 0.308 e. The van der Waals surface area contributed by atoms with E-state index in [4.69, 9.17) is 9.05 Å². The van der Waals surface area contributed by atoms with E-state index in [1.807, 2.05) is 24.3 Å². The minimum absolute atomic E-state index is 0.00784. The average Bonchev–Trinajstić information content (AvgIpc) is 2.72. The zero-order valence-corrected chi connectivity index (χ0v) is 19.9. The first-order valence-corrected chi connectivity index (χ1v) is 13.6. The highest BCUT2D eigenvalue weighted by Gasteiger charge is 2.43. The van der Waals surface area contributed by atoms with Crippen molar-refractivity contribution in [1.82, 2.24) is 0 Å². The van der Waals surface area contributed by atoms with E-state index in [0.717, 1.165) is 29.5 Å². The summed E-state index contributed by atoms with van der Waals surface area (Å²) in [6.45, 7) is 5.34. The number of allylic oxidation sites excluding steroid dienone is 1. The van der Waals surface area contributed by atoms with Gasteiger partial charge >= 0.3 is 7.60 Å². The number of rotatable bonds is 12.